The first-order chi connectivity index (χ1) is 13.2. The molecule has 0 aliphatic carbocycles. The van der Waals surface area contributed by atoms with Crippen LogP contribution in [0.25, 0.3) is 0 Å². The predicted molar refractivity (Wildman–Crippen MR) is 111 cm³/mol. The van der Waals surface area contributed by atoms with E-state index in [1.807, 2.05) is 18.2 Å². The lowest BCUT2D eigenvalue weighted by atomic mass is 9.87. The van der Waals surface area contributed by atoms with Crippen molar-refractivity contribution in [3.63, 3.8) is 0 Å². The number of halogens is 1. The number of benzene rings is 2. The molecule has 1 heterocycles. The summed E-state index contributed by atoms with van der Waals surface area (Å²) in [7, 11) is 0. The summed E-state index contributed by atoms with van der Waals surface area (Å²) in [5, 5.41) is 3.18. The largest absolute Gasteiger partial charge is 0.492 e. The summed E-state index contributed by atoms with van der Waals surface area (Å²) in [6.07, 6.45) is 0. The van der Waals surface area contributed by atoms with E-state index in [1.54, 1.807) is 17.0 Å². The van der Waals surface area contributed by atoms with Gasteiger partial charge in [0.2, 0.25) is 5.91 Å². The third-order valence-electron chi connectivity index (χ3n) is 4.76. The molecule has 0 radical (unpaired) electrons. The number of amides is 2. The Balaban J connectivity index is 1.71. The highest BCUT2D eigenvalue weighted by Crippen LogP contribution is 2.40. The second-order valence-electron chi connectivity index (χ2n) is 7.92. The Bertz CT molecular complexity index is 888. The fourth-order valence-corrected chi connectivity index (χ4v) is 3.60. The molecular weight excluding hydrogens is 376 g/mol. The summed E-state index contributed by atoms with van der Waals surface area (Å²) in [5.41, 5.74) is 2.66. The van der Waals surface area contributed by atoms with Gasteiger partial charge in [-0.1, -0.05) is 56.6 Å². The average Bonchev–Trinajstić information content (AvgIpc) is 2.88. The predicted octanol–water partition coefficient (Wildman–Crippen LogP) is 4.24. The monoisotopic (exact) mass is 400 g/mol. The molecule has 1 atom stereocenters. The number of hydrogen-bond donors (Lipinski definition) is 1. The zero-order valence-electron chi connectivity index (χ0n) is 16.6. The second kappa shape index (κ2) is 7.84. The molecule has 3 rings (SSSR count). The summed E-state index contributed by atoms with van der Waals surface area (Å²) in [4.78, 5) is 25.9. The Morgan fingerprint density at radius 2 is 1.86 bits per heavy atom. The van der Waals surface area contributed by atoms with Crippen LogP contribution in [0.5, 0.6) is 5.75 Å². The summed E-state index contributed by atoms with van der Waals surface area (Å²) >= 11 is 6.34. The summed E-state index contributed by atoms with van der Waals surface area (Å²) < 4.78 is 5.83. The molecule has 28 heavy (non-hydrogen) atoms. The van der Waals surface area contributed by atoms with Gasteiger partial charge in [-0.3, -0.25) is 9.59 Å². The van der Waals surface area contributed by atoms with Crippen LogP contribution < -0.4 is 15.0 Å². The van der Waals surface area contributed by atoms with E-state index < -0.39 is 6.04 Å². The van der Waals surface area contributed by atoms with Crippen molar-refractivity contribution in [3.05, 3.63) is 58.6 Å². The van der Waals surface area contributed by atoms with Gasteiger partial charge in [0, 0.05) is 12.5 Å². The van der Waals surface area contributed by atoms with E-state index >= 15 is 0 Å². The molecular formula is C22H25ClN2O3. The summed E-state index contributed by atoms with van der Waals surface area (Å²) in [5.74, 6) is 0.281. The molecule has 0 saturated heterocycles. The lowest BCUT2D eigenvalue weighted by molar-refractivity contribution is -0.126. The summed E-state index contributed by atoms with van der Waals surface area (Å²) in [6, 6.07) is 12.6. The van der Waals surface area contributed by atoms with Crippen molar-refractivity contribution in [2.45, 2.75) is 39.2 Å². The number of carbonyl (C=O) groups is 2. The van der Waals surface area contributed by atoms with Gasteiger partial charge in [0.25, 0.3) is 5.91 Å². The van der Waals surface area contributed by atoms with Crippen molar-refractivity contribution in [1.82, 2.24) is 5.32 Å². The Hall–Kier alpha value is -2.53. The van der Waals surface area contributed by atoms with E-state index in [1.165, 1.54) is 12.5 Å². The first-order valence-corrected chi connectivity index (χ1v) is 9.66. The van der Waals surface area contributed by atoms with Crippen molar-refractivity contribution in [2.75, 3.05) is 18.1 Å². The highest BCUT2D eigenvalue weighted by atomic mass is 35.5. The fourth-order valence-electron chi connectivity index (χ4n) is 3.32. The second-order valence-corrected chi connectivity index (χ2v) is 8.33. The SMILES string of the molecule is CC(=O)N[C@@H]1C(=O)N(CCOc2ccc(C(C)(C)C)cc2)c2c(Cl)cccc21. The number of carbonyl (C=O) groups excluding carboxylic acids is 2. The molecule has 2 aromatic carbocycles. The van der Waals surface area contributed by atoms with Gasteiger partial charge < -0.3 is 15.0 Å². The summed E-state index contributed by atoms with van der Waals surface area (Å²) in [6.45, 7) is 8.53. The highest BCUT2D eigenvalue weighted by molar-refractivity contribution is 6.34. The van der Waals surface area contributed by atoms with Gasteiger partial charge in [0.15, 0.2) is 0 Å². The number of rotatable bonds is 5. The third-order valence-corrected chi connectivity index (χ3v) is 5.07. The maximum atomic E-state index is 12.8. The molecule has 1 aliphatic heterocycles. The Labute approximate surface area is 170 Å². The number of ether oxygens (including phenoxy) is 1. The molecule has 5 nitrogen and oxygen atoms in total. The minimum absolute atomic E-state index is 0.0830. The molecule has 0 saturated carbocycles. The number of fused-ring (bicyclic) bond motifs is 1. The number of para-hydroxylation sites is 1. The van der Waals surface area contributed by atoms with Crippen LogP contribution in [0.15, 0.2) is 42.5 Å². The fraction of sp³-hybridized carbons (Fsp3) is 0.364. The standard InChI is InChI=1S/C22H25ClN2O3/c1-14(26)24-19-17-6-5-7-18(23)20(17)25(21(19)27)12-13-28-16-10-8-15(9-11-16)22(2,3)4/h5-11,19H,12-13H2,1-4H3,(H,24,26)/t19-/m0/s1. The third kappa shape index (κ3) is 4.14. The number of nitrogens with zero attached hydrogens (tertiary/aromatic N) is 1. The molecule has 0 aromatic heterocycles. The number of anilines is 1. The Morgan fingerprint density at radius 1 is 1.18 bits per heavy atom. The van der Waals surface area contributed by atoms with Crippen molar-refractivity contribution in [1.29, 1.82) is 0 Å². The van der Waals surface area contributed by atoms with E-state index in [4.69, 9.17) is 16.3 Å². The number of nitrogens with one attached hydrogen (secondary N) is 1. The van der Waals surface area contributed by atoms with Gasteiger partial charge >= 0.3 is 0 Å². The highest BCUT2D eigenvalue weighted by Gasteiger charge is 2.39. The van der Waals surface area contributed by atoms with Crippen molar-refractivity contribution in [2.24, 2.45) is 0 Å². The zero-order valence-corrected chi connectivity index (χ0v) is 17.3. The van der Waals surface area contributed by atoms with Crippen LogP contribution in [0.3, 0.4) is 0 Å². The maximum Gasteiger partial charge on any atom is 0.254 e. The topological polar surface area (TPSA) is 58.6 Å². The molecule has 1 N–H and O–H groups in total. The van der Waals surface area contributed by atoms with E-state index in [0.717, 1.165) is 5.75 Å². The Kier molecular flexibility index (Phi) is 5.66. The van der Waals surface area contributed by atoms with Crippen molar-refractivity contribution in [3.8, 4) is 5.75 Å². The first kappa shape index (κ1) is 20.2. The van der Waals surface area contributed by atoms with E-state index in [2.05, 4.69) is 38.2 Å². The van der Waals surface area contributed by atoms with Gasteiger partial charge in [0.1, 0.15) is 18.4 Å². The molecule has 0 fully saturated rings. The normalized spacial score (nSPS) is 16.1. The quantitative estimate of drug-likeness (QED) is 0.816. The van der Waals surface area contributed by atoms with Gasteiger partial charge in [-0.15, -0.1) is 0 Å². The molecule has 148 valence electrons. The molecule has 0 unspecified atom stereocenters. The molecule has 6 heteroatoms. The molecule has 2 amide bonds. The first-order valence-electron chi connectivity index (χ1n) is 9.28. The minimum atomic E-state index is -0.711. The van der Waals surface area contributed by atoms with E-state index in [0.29, 0.717) is 29.4 Å². The lowest BCUT2D eigenvalue weighted by Crippen LogP contribution is -2.38. The van der Waals surface area contributed by atoms with E-state index in [-0.39, 0.29) is 17.2 Å². The minimum Gasteiger partial charge on any atom is -0.492 e. The zero-order chi connectivity index (χ0) is 20.5. The van der Waals surface area contributed by atoms with Crippen molar-refractivity contribution >= 4 is 29.1 Å². The van der Waals surface area contributed by atoms with Gasteiger partial charge in [0.05, 0.1) is 17.3 Å². The van der Waals surface area contributed by atoms with Crippen LogP contribution in [0, 0.1) is 0 Å². The molecule has 0 bridgehead atoms. The lowest BCUT2D eigenvalue weighted by Gasteiger charge is -2.20. The van der Waals surface area contributed by atoms with Crippen LogP contribution in [0.4, 0.5) is 5.69 Å². The van der Waals surface area contributed by atoms with Crippen LogP contribution in [-0.4, -0.2) is 25.0 Å². The average molecular weight is 401 g/mol. The van der Waals surface area contributed by atoms with Crippen LogP contribution in [-0.2, 0) is 15.0 Å². The molecule has 2 aromatic rings. The van der Waals surface area contributed by atoms with Crippen molar-refractivity contribution < 1.29 is 14.3 Å². The van der Waals surface area contributed by atoms with Gasteiger partial charge in [-0.2, -0.15) is 0 Å². The van der Waals surface area contributed by atoms with E-state index in [9.17, 15) is 9.59 Å². The van der Waals surface area contributed by atoms with Gasteiger partial charge in [-0.25, -0.2) is 0 Å². The van der Waals surface area contributed by atoms with Crippen LogP contribution in [0.1, 0.15) is 44.9 Å². The van der Waals surface area contributed by atoms with Crippen LogP contribution in [0.2, 0.25) is 5.02 Å². The van der Waals surface area contributed by atoms with Gasteiger partial charge in [-0.05, 0) is 29.2 Å². The number of hydrogen-bond acceptors (Lipinski definition) is 3. The maximum absolute atomic E-state index is 12.8. The van der Waals surface area contributed by atoms with Crippen LogP contribution >= 0.6 is 11.6 Å². The molecule has 0 spiro atoms. The smallest absolute Gasteiger partial charge is 0.254 e. The Morgan fingerprint density at radius 3 is 2.46 bits per heavy atom. The molecule has 1 aliphatic rings.